The van der Waals surface area contributed by atoms with Crippen LogP contribution in [-0.4, -0.2) is 15.9 Å². The Kier molecular flexibility index (Phi) is 13.0. The van der Waals surface area contributed by atoms with Crippen LogP contribution in [0, 0.1) is 22.8 Å². The summed E-state index contributed by atoms with van der Waals surface area (Å²) in [7, 11) is 0. The zero-order chi connectivity index (χ0) is 37.3. The van der Waals surface area contributed by atoms with Crippen LogP contribution in [0.15, 0.2) is 77.0 Å². The van der Waals surface area contributed by atoms with Gasteiger partial charge in [0.15, 0.2) is 5.78 Å². The van der Waals surface area contributed by atoms with Crippen molar-refractivity contribution in [3.63, 3.8) is 0 Å². The van der Waals surface area contributed by atoms with Crippen molar-refractivity contribution < 1.29 is 34.4 Å². The fourth-order valence-corrected chi connectivity index (χ4v) is 7.89. The summed E-state index contributed by atoms with van der Waals surface area (Å²) >= 11 is 1.80. The molecular weight excluding hydrogens is 839 g/mol. The second-order valence-corrected chi connectivity index (χ2v) is 17.2. The predicted molar refractivity (Wildman–Crippen MR) is 219 cm³/mol. The number of hydrogen-bond acceptors (Lipinski definition) is 5. The van der Waals surface area contributed by atoms with E-state index < -0.39 is 0 Å². The number of aromatic nitrogens is 1. The third-order valence-corrected chi connectivity index (χ3v) is 12.3. The largest absolute Gasteiger partial charge is 0.512 e. The van der Waals surface area contributed by atoms with Gasteiger partial charge >= 0.3 is 0 Å². The molecule has 0 aliphatic rings. The van der Waals surface area contributed by atoms with Crippen molar-refractivity contribution in [2.75, 3.05) is 0 Å². The molecule has 3 heterocycles. The standard InChI is InChI=1S/C31H28NOS.C15H28O2.Ir/c1-18(2)14-22-16-20-10-11-26-27(29(20)33-22)24-12-13-32-28(30(24)34-26)21-15-19-8-6-7-9-23(19)25(17-21)31(3,4)5;1-7-14(5,8-2)12(16)11-13(17)15(6,9-3)10-4;/h6-13,16-18H,14H2,1-5H3;11,16H,7-10H2,1-6H3;/q-1;;/b;12-11-;. The molecule has 6 rings (SSSR count). The first-order valence-corrected chi connectivity index (χ1v) is 19.5. The molecule has 1 N–H and O–H groups in total. The number of allylic oxidation sites excluding steroid dienone is 2. The van der Waals surface area contributed by atoms with Crippen LogP contribution >= 0.6 is 11.3 Å². The Balaban J connectivity index is 0.000000289. The number of ketones is 1. The second-order valence-electron chi connectivity index (χ2n) is 16.1. The molecule has 52 heavy (non-hydrogen) atoms. The van der Waals surface area contributed by atoms with Gasteiger partial charge in [-0.3, -0.25) is 9.78 Å². The van der Waals surface area contributed by atoms with Crippen LogP contribution in [0.3, 0.4) is 0 Å². The van der Waals surface area contributed by atoms with Crippen molar-refractivity contribution in [3.8, 4) is 11.3 Å². The second kappa shape index (κ2) is 16.4. The zero-order valence-electron chi connectivity index (χ0n) is 32.9. The van der Waals surface area contributed by atoms with Crippen molar-refractivity contribution >= 4 is 59.0 Å². The molecule has 0 atom stereocenters. The van der Waals surface area contributed by atoms with Crippen LogP contribution in [-0.2, 0) is 36.7 Å². The molecule has 6 aromatic rings. The fourth-order valence-electron chi connectivity index (χ4n) is 6.69. The van der Waals surface area contributed by atoms with E-state index in [1.165, 1.54) is 42.6 Å². The summed E-state index contributed by atoms with van der Waals surface area (Å²) in [5.74, 6) is 1.91. The summed E-state index contributed by atoms with van der Waals surface area (Å²) in [6.07, 6.45) is 7.64. The number of nitrogens with zero attached hydrogens (tertiary/aromatic N) is 1. The van der Waals surface area contributed by atoms with Gasteiger partial charge in [0.1, 0.15) is 17.1 Å². The number of aliphatic hydroxyl groups is 1. The van der Waals surface area contributed by atoms with Gasteiger partial charge in [0, 0.05) is 80.9 Å². The molecule has 0 saturated heterocycles. The number of thiophene rings is 1. The normalized spacial score (nSPS) is 12.8. The Morgan fingerprint density at radius 2 is 1.56 bits per heavy atom. The number of benzene rings is 3. The van der Waals surface area contributed by atoms with E-state index in [2.05, 4.69) is 95.3 Å². The average molecular weight is 895 g/mol. The first-order valence-electron chi connectivity index (χ1n) is 18.7. The fraction of sp³-hybridized carbons (Fsp3) is 0.435. The minimum atomic E-state index is -0.337. The molecular formula is C46H56IrNO3S-. The first kappa shape index (κ1) is 41.4. The molecule has 3 aromatic heterocycles. The number of carbonyl (C=O) groups is 1. The number of carbonyl (C=O) groups excluding carboxylic acids is 1. The van der Waals surface area contributed by atoms with Gasteiger partial charge in [-0.25, -0.2) is 0 Å². The van der Waals surface area contributed by atoms with Crippen LogP contribution in [0.2, 0.25) is 0 Å². The third-order valence-electron chi connectivity index (χ3n) is 11.1. The summed E-state index contributed by atoms with van der Waals surface area (Å²) in [5, 5.41) is 16.1. The van der Waals surface area contributed by atoms with Gasteiger partial charge in [-0.15, -0.1) is 40.5 Å². The van der Waals surface area contributed by atoms with Crippen molar-refractivity contribution in [2.24, 2.45) is 16.7 Å². The van der Waals surface area contributed by atoms with Crippen LogP contribution in [0.4, 0.5) is 0 Å². The van der Waals surface area contributed by atoms with Crippen molar-refractivity contribution in [3.05, 3.63) is 90.0 Å². The number of fused-ring (bicyclic) bond motifs is 6. The molecule has 6 heteroatoms. The molecule has 0 spiro atoms. The van der Waals surface area contributed by atoms with E-state index in [1.807, 2.05) is 47.7 Å². The number of hydrogen-bond donors (Lipinski definition) is 1. The molecule has 0 unspecified atom stereocenters. The van der Waals surface area contributed by atoms with Crippen LogP contribution < -0.4 is 0 Å². The van der Waals surface area contributed by atoms with E-state index >= 15 is 0 Å². The van der Waals surface area contributed by atoms with Crippen LogP contribution in [0.25, 0.3) is 53.2 Å². The molecule has 3 aromatic carbocycles. The van der Waals surface area contributed by atoms with Crippen LogP contribution in [0.1, 0.15) is 113 Å². The van der Waals surface area contributed by atoms with Gasteiger partial charge in [-0.2, -0.15) is 0 Å². The maximum absolute atomic E-state index is 12.2. The Labute approximate surface area is 328 Å². The molecule has 4 nitrogen and oxygen atoms in total. The number of rotatable bonds is 10. The summed E-state index contributed by atoms with van der Waals surface area (Å²) in [4.78, 5) is 17.1. The Bertz CT molecular complexity index is 2210. The number of furan rings is 1. The summed E-state index contributed by atoms with van der Waals surface area (Å²) in [6, 6.07) is 23.3. The molecule has 0 aliphatic heterocycles. The van der Waals surface area contributed by atoms with Gasteiger partial charge in [0.05, 0.1) is 0 Å². The van der Waals surface area contributed by atoms with E-state index in [-0.39, 0.29) is 47.9 Å². The van der Waals surface area contributed by atoms with Crippen molar-refractivity contribution in [1.82, 2.24) is 4.98 Å². The van der Waals surface area contributed by atoms with E-state index in [0.717, 1.165) is 60.1 Å². The molecule has 1 radical (unpaired) electrons. The van der Waals surface area contributed by atoms with Crippen LogP contribution in [0.5, 0.6) is 0 Å². The van der Waals surface area contributed by atoms with E-state index in [4.69, 9.17) is 9.40 Å². The molecule has 0 saturated carbocycles. The topological polar surface area (TPSA) is 63.3 Å². The minimum absolute atomic E-state index is 0. The molecule has 0 fully saturated rings. The third kappa shape index (κ3) is 8.25. The Morgan fingerprint density at radius 1 is 0.904 bits per heavy atom. The first-order chi connectivity index (χ1) is 24.1. The summed E-state index contributed by atoms with van der Waals surface area (Å²) in [5.41, 5.74) is 3.78. The number of pyridine rings is 1. The van der Waals surface area contributed by atoms with Crippen molar-refractivity contribution in [2.45, 2.75) is 114 Å². The summed E-state index contributed by atoms with van der Waals surface area (Å²) < 4.78 is 8.83. The quantitative estimate of drug-likeness (QED) is 0.0845. The van der Waals surface area contributed by atoms with Gasteiger partial charge in [0.25, 0.3) is 0 Å². The minimum Gasteiger partial charge on any atom is -0.512 e. The Morgan fingerprint density at radius 3 is 2.17 bits per heavy atom. The summed E-state index contributed by atoms with van der Waals surface area (Å²) in [6.45, 7) is 23.4. The zero-order valence-corrected chi connectivity index (χ0v) is 36.1. The van der Waals surface area contributed by atoms with E-state index in [1.54, 1.807) is 11.3 Å². The van der Waals surface area contributed by atoms with Gasteiger partial charge < -0.3 is 9.52 Å². The maximum Gasteiger partial charge on any atom is 0.164 e. The number of aliphatic hydroxyl groups excluding tert-OH is 1. The van der Waals surface area contributed by atoms with Gasteiger partial charge in [-0.05, 0) is 61.3 Å². The van der Waals surface area contributed by atoms with Crippen molar-refractivity contribution in [1.29, 1.82) is 0 Å². The van der Waals surface area contributed by atoms with E-state index in [9.17, 15) is 9.90 Å². The smallest absolute Gasteiger partial charge is 0.164 e. The maximum atomic E-state index is 12.2. The monoisotopic (exact) mass is 895 g/mol. The molecule has 0 bridgehead atoms. The van der Waals surface area contributed by atoms with Gasteiger partial charge in [0.2, 0.25) is 0 Å². The average Bonchev–Trinajstić information content (AvgIpc) is 3.70. The molecule has 0 aliphatic carbocycles. The Hall–Kier alpha value is -3.31. The molecule has 0 amide bonds. The van der Waals surface area contributed by atoms with E-state index in [0.29, 0.717) is 5.92 Å². The molecule has 279 valence electrons. The SMILES string of the molecule is CC(C)Cc1cc2ccc3sc4c(-c5[c-]c6ccccc6c(C(C)(C)C)c5)nccc4c3c2o1.CCC(C)(CC)C(=O)/C=C(\O)C(C)(CC)CC.[Ir]. The predicted octanol–water partition coefficient (Wildman–Crippen LogP) is 14.0. The van der Waals surface area contributed by atoms with Gasteiger partial charge in [-0.1, -0.05) is 105 Å².